The standard InChI is InChI=1S/C20H19F3N4O3/c21-20(22,23)17-10-13(12-5-6-15(28)16(29)9-12)24-18-11-14(25-27(17)18)19(30)26-7-3-1-2-4-8-26/h5-6,9-11,28-29H,1-4,7-8H2. The van der Waals surface area contributed by atoms with Crippen molar-refractivity contribution in [2.75, 3.05) is 13.1 Å². The number of aromatic nitrogens is 3. The highest BCUT2D eigenvalue weighted by molar-refractivity contribution is 5.93. The molecule has 0 bridgehead atoms. The van der Waals surface area contributed by atoms with E-state index in [2.05, 4.69) is 10.1 Å². The lowest BCUT2D eigenvalue weighted by atomic mass is 10.1. The number of amides is 1. The van der Waals surface area contributed by atoms with Crippen molar-refractivity contribution >= 4 is 11.6 Å². The molecule has 7 nitrogen and oxygen atoms in total. The second kappa shape index (κ2) is 7.51. The Morgan fingerprint density at radius 1 is 0.967 bits per heavy atom. The average molecular weight is 420 g/mol. The first-order chi connectivity index (χ1) is 14.2. The first-order valence-electron chi connectivity index (χ1n) is 9.54. The zero-order valence-corrected chi connectivity index (χ0v) is 15.9. The molecule has 1 amide bonds. The molecule has 1 aliphatic heterocycles. The molecule has 10 heteroatoms. The smallest absolute Gasteiger partial charge is 0.433 e. The van der Waals surface area contributed by atoms with Crippen molar-refractivity contribution in [3.63, 3.8) is 0 Å². The molecule has 4 rings (SSSR count). The highest BCUT2D eigenvalue weighted by Crippen LogP contribution is 2.34. The summed E-state index contributed by atoms with van der Waals surface area (Å²) < 4.78 is 41.7. The fourth-order valence-corrected chi connectivity index (χ4v) is 3.55. The molecule has 1 saturated heterocycles. The van der Waals surface area contributed by atoms with E-state index in [0.29, 0.717) is 17.6 Å². The van der Waals surface area contributed by atoms with Gasteiger partial charge in [-0.15, -0.1) is 0 Å². The molecule has 30 heavy (non-hydrogen) atoms. The largest absolute Gasteiger partial charge is 0.504 e. The average Bonchev–Trinajstić information content (AvgIpc) is 2.93. The zero-order valence-electron chi connectivity index (χ0n) is 15.9. The van der Waals surface area contributed by atoms with E-state index in [9.17, 15) is 28.2 Å². The fourth-order valence-electron chi connectivity index (χ4n) is 3.55. The highest BCUT2D eigenvalue weighted by Gasteiger charge is 2.36. The van der Waals surface area contributed by atoms with Gasteiger partial charge in [0, 0.05) is 24.7 Å². The molecular formula is C20H19F3N4O3. The normalized spacial score (nSPS) is 15.4. The molecule has 2 aromatic heterocycles. The van der Waals surface area contributed by atoms with Crippen LogP contribution in [0.25, 0.3) is 16.9 Å². The molecule has 1 aromatic carbocycles. The third kappa shape index (κ3) is 3.77. The maximum atomic E-state index is 13.7. The van der Waals surface area contributed by atoms with Gasteiger partial charge in [-0.05, 0) is 37.1 Å². The minimum Gasteiger partial charge on any atom is -0.504 e. The van der Waals surface area contributed by atoms with Gasteiger partial charge in [-0.3, -0.25) is 4.79 Å². The maximum Gasteiger partial charge on any atom is 0.433 e. The Bertz CT molecular complexity index is 1100. The van der Waals surface area contributed by atoms with Crippen LogP contribution in [0.1, 0.15) is 41.9 Å². The predicted molar refractivity (Wildman–Crippen MR) is 101 cm³/mol. The summed E-state index contributed by atoms with van der Waals surface area (Å²) in [5.74, 6) is -1.29. The number of halogens is 3. The topological polar surface area (TPSA) is 91.0 Å². The zero-order chi connectivity index (χ0) is 21.5. The molecule has 0 unspecified atom stereocenters. The fraction of sp³-hybridized carbons (Fsp3) is 0.350. The summed E-state index contributed by atoms with van der Waals surface area (Å²) in [5.41, 5.74) is -1.21. The van der Waals surface area contributed by atoms with Gasteiger partial charge in [0.1, 0.15) is 0 Å². The lowest BCUT2D eigenvalue weighted by molar-refractivity contribution is -0.142. The molecule has 0 saturated carbocycles. The lowest BCUT2D eigenvalue weighted by Gasteiger charge is -2.18. The molecule has 3 aromatic rings. The third-order valence-corrected chi connectivity index (χ3v) is 5.10. The first-order valence-corrected chi connectivity index (χ1v) is 9.54. The molecule has 1 fully saturated rings. The Balaban J connectivity index is 1.81. The minimum absolute atomic E-state index is 0.0706. The summed E-state index contributed by atoms with van der Waals surface area (Å²) in [6, 6.07) is 5.66. The van der Waals surface area contributed by atoms with Crippen molar-refractivity contribution < 1.29 is 28.2 Å². The van der Waals surface area contributed by atoms with Crippen molar-refractivity contribution in [2.24, 2.45) is 0 Å². The van der Waals surface area contributed by atoms with Crippen LogP contribution in [0.5, 0.6) is 11.5 Å². The van der Waals surface area contributed by atoms with Crippen LogP contribution in [-0.2, 0) is 6.18 Å². The number of alkyl halides is 3. The van der Waals surface area contributed by atoms with Crippen LogP contribution in [0.15, 0.2) is 30.3 Å². The van der Waals surface area contributed by atoms with Gasteiger partial charge in [0.25, 0.3) is 5.91 Å². The van der Waals surface area contributed by atoms with E-state index in [1.54, 1.807) is 4.90 Å². The van der Waals surface area contributed by atoms with Crippen molar-refractivity contribution in [3.8, 4) is 22.8 Å². The van der Waals surface area contributed by atoms with E-state index in [0.717, 1.165) is 43.9 Å². The number of nitrogens with zero attached hydrogens (tertiary/aromatic N) is 4. The number of phenolic OH excluding ortho intramolecular Hbond substituents is 2. The number of hydrogen-bond acceptors (Lipinski definition) is 5. The molecule has 0 spiro atoms. The van der Waals surface area contributed by atoms with Gasteiger partial charge in [0.2, 0.25) is 0 Å². The van der Waals surface area contributed by atoms with E-state index in [1.165, 1.54) is 12.1 Å². The molecule has 0 aliphatic carbocycles. The van der Waals surface area contributed by atoms with Crippen LogP contribution in [0.4, 0.5) is 13.2 Å². The Morgan fingerprint density at radius 2 is 1.67 bits per heavy atom. The van der Waals surface area contributed by atoms with Gasteiger partial charge in [-0.25, -0.2) is 9.50 Å². The van der Waals surface area contributed by atoms with Crippen LogP contribution in [0.3, 0.4) is 0 Å². The van der Waals surface area contributed by atoms with Crippen molar-refractivity contribution in [1.29, 1.82) is 0 Å². The second-order valence-corrected chi connectivity index (χ2v) is 7.23. The molecule has 2 N–H and O–H groups in total. The van der Waals surface area contributed by atoms with Crippen LogP contribution >= 0.6 is 0 Å². The van der Waals surface area contributed by atoms with E-state index in [4.69, 9.17) is 0 Å². The predicted octanol–water partition coefficient (Wildman–Crippen LogP) is 3.84. The molecule has 0 atom stereocenters. The van der Waals surface area contributed by atoms with Gasteiger partial charge < -0.3 is 15.1 Å². The number of phenols is 2. The number of hydrogen-bond donors (Lipinski definition) is 2. The molecule has 3 heterocycles. The summed E-state index contributed by atoms with van der Waals surface area (Å²) >= 11 is 0. The number of carbonyl (C=O) groups excluding carboxylic acids is 1. The quantitative estimate of drug-likeness (QED) is 0.615. The highest BCUT2D eigenvalue weighted by atomic mass is 19.4. The number of benzene rings is 1. The van der Waals surface area contributed by atoms with Crippen LogP contribution in [0, 0.1) is 0 Å². The van der Waals surface area contributed by atoms with E-state index < -0.39 is 29.3 Å². The number of likely N-dealkylation sites (tertiary alicyclic amines) is 1. The van der Waals surface area contributed by atoms with Crippen molar-refractivity contribution in [3.05, 3.63) is 41.7 Å². The first kappa shape index (κ1) is 20.0. The summed E-state index contributed by atoms with van der Waals surface area (Å²) in [6.07, 6.45) is -1.03. The number of rotatable bonds is 2. The monoisotopic (exact) mass is 420 g/mol. The van der Waals surface area contributed by atoms with Crippen LogP contribution < -0.4 is 0 Å². The Hall–Kier alpha value is -3.30. The summed E-state index contributed by atoms with van der Waals surface area (Å²) in [7, 11) is 0. The minimum atomic E-state index is -4.75. The number of carbonyl (C=O) groups is 1. The van der Waals surface area contributed by atoms with Gasteiger partial charge >= 0.3 is 6.18 Å². The van der Waals surface area contributed by atoms with E-state index in [-0.39, 0.29) is 22.6 Å². The van der Waals surface area contributed by atoms with Crippen molar-refractivity contribution in [2.45, 2.75) is 31.9 Å². The number of aromatic hydroxyl groups is 2. The third-order valence-electron chi connectivity index (χ3n) is 5.10. The SMILES string of the molecule is O=C(c1cc2nc(-c3ccc(O)c(O)c3)cc(C(F)(F)F)n2n1)N1CCCCCC1. The van der Waals surface area contributed by atoms with E-state index >= 15 is 0 Å². The van der Waals surface area contributed by atoms with Gasteiger partial charge in [0.05, 0.1) is 5.69 Å². The molecule has 0 radical (unpaired) electrons. The van der Waals surface area contributed by atoms with Crippen LogP contribution in [-0.4, -0.2) is 48.7 Å². The Morgan fingerprint density at radius 3 is 2.30 bits per heavy atom. The van der Waals surface area contributed by atoms with Gasteiger partial charge in [-0.2, -0.15) is 18.3 Å². The maximum absolute atomic E-state index is 13.7. The second-order valence-electron chi connectivity index (χ2n) is 7.23. The summed E-state index contributed by atoms with van der Waals surface area (Å²) in [4.78, 5) is 18.6. The molecule has 158 valence electrons. The Labute approximate surface area is 169 Å². The van der Waals surface area contributed by atoms with E-state index in [1.807, 2.05) is 0 Å². The Kier molecular flexibility index (Phi) is 5.00. The van der Waals surface area contributed by atoms with Crippen molar-refractivity contribution in [1.82, 2.24) is 19.5 Å². The lowest BCUT2D eigenvalue weighted by Crippen LogP contribution is -2.32. The number of fused-ring (bicyclic) bond motifs is 1. The van der Waals surface area contributed by atoms with Gasteiger partial charge in [-0.1, -0.05) is 12.8 Å². The van der Waals surface area contributed by atoms with Gasteiger partial charge in [0.15, 0.2) is 28.5 Å². The molecular weight excluding hydrogens is 401 g/mol. The summed E-state index contributed by atoms with van der Waals surface area (Å²) in [5, 5.41) is 23.0. The van der Waals surface area contributed by atoms with Crippen LogP contribution in [0.2, 0.25) is 0 Å². The summed E-state index contributed by atoms with van der Waals surface area (Å²) in [6.45, 7) is 1.09. The molecule has 1 aliphatic rings.